The first-order valence-electron chi connectivity index (χ1n) is 4.27. The smallest absolute Gasteiger partial charge is 0.0162 e. The highest BCUT2D eigenvalue weighted by Crippen LogP contribution is 2.05. The topological polar surface area (TPSA) is 38.0 Å². The summed E-state index contributed by atoms with van der Waals surface area (Å²) in [5.41, 5.74) is 6.88. The minimum absolute atomic E-state index is 0.434. The summed E-state index contributed by atoms with van der Waals surface area (Å²) in [6.45, 7) is 3.84. The lowest BCUT2D eigenvalue weighted by atomic mass is 10.2. The van der Waals surface area contributed by atoms with Gasteiger partial charge in [0.25, 0.3) is 0 Å². The molecule has 0 fully saturated rings. The van der Waals surface area contributed by atoms with E-state index in [4.69, 9.17) is 5.73 Å². The molecular formula is C9H16N2S. The van der Waals surface area contributed by atoms with Gasteiger partial charge in [-0.2, -0.15) is 11.3 Å². The maximum Gasteiger partial charge on any atom is 0.0162 e. The van der Waals surface area contributed by atoms with Gasteiger partial charge in [0.15, 0.2) is 0 Å². The van der Waals surface area contributed by atoms with Gasteiger partial charge in [0.1, 0.15) is 0 Å². The average Bonchev–Trinajstić information content (AvgIpc) is 2.57. The van der Waals surface area contributed by atoms with Gasteiger partial charge in [0.2, 0.25) is 0 Å². The molecular weight excluding hydrogens is 168 g/mol. The molecule has 0 spiro atoms. The van der Waals surface area contributed by atoms with Crippen LogP contribution in [0.15, 0.2) is 16.8 Å². The van der Waals surface area contributed by atoms with Gasteiger partial charge in [0, 0.05) is 12.6 Å². The summed E-state index contributed by atoms with van der Waals surface area (Å²) in [6, 6.07) is 2.60. The Kier molecular flexibility index (Phi) is 4.29. The molecule has 0 aliphatic carbocycles. The van der Waals surface area contributed by atoms with Crippen molar-refractivity contribution in [1.82, 2.24) is 5.32 Å². The Morgan fingerprint density at radius 1 is 1.67 bits per heavy atom. The number of nitrogens with one attached hydrogen (secondary N) is 1. The first-order chi connectivity index (χ1) is 5.83. The third-order valence-electron chi connectivity index (χ3n) is 1.84. The van der Waals surface area contributed by atoms with Gasteiger partial charge in [0.05, 0.1) is 0 Å². The summed E-state index contributed by atoms with van der Waals surface area (Å²) in [7, 11) is 0. The highest BCUT2D eigenvalue weighted by molar-refractivity contribution is 7.07. The van der Waals surface area contributed by atoms with Gasteiger partial charge in [-0.1, -0.05) is 0 Å². The van der Waals surface area contributed by atoms with Gasteiger partial charge < -0.3 is 11.1 Å². The standard InChI is InChI=1S/C9H16N2S/c1-8(6-10)11-4-2-9-3-5-12-7-9/h3,5,7-8,11H,2,4,6,10H2,1H3/t8-/m1/s1. The number of hydrogen-bond donors (Lipinski definition) is 2. The molecule has 1 aromatic rings. The van der Waals surface area contributed by atoms with E-state index in [0.717, 1.165) is 13.0 Å². The summed E-state index contributed by atoms with van der Waals surface area (Å²) in [6.07, 6.45) is 1.10. The van der Waals surface area contributed by atoms with Crippen LogP contribution in [0.1, 0.15) is 12.5 Å². The molecule has 0 saturated heterocycles. The molecule has 0 unspecified atom stereocenters. The maximum absolute atomic E-state index is 5.47. The minimum Gasteiger partial charge on any atom is -0.329 e. The first kappa shape index (κ1) is 9.71. The van der Waals surface area contributed by atoms with Crippen molar-refractivity contribution < 1.29 is 0 Å². The van der Waals surface area contributed by atoms with E-state index in [1.165, 1.54) is 5.56 Å². The Morgan fingerprint density at radius 2 is 2.50 bits per heavy atom. The van der Waals surface area contributed by atoms with Gasteiger partial charge >= 0.3 is 0 Å². The zero-order valence-electron chi connectivity index (χ0n) is 7.42. The molecule has 3 heteroatoms. The van der Waals surface area contributed by atoms with E-state index >= 15 is 0 Å². The van der Waals surface area contributed by atoms with Crippen LogP contribution in [0.25, 0.3) is 0 Å². The normalized spacial score (nSPS) is 13.2. The van der Waals surface area contributed by atoms with E-state index < -0.39 is 0 Å². The predicted octanol–water partition coefficient (Wildman–Crippen LogP) is 1.23. The highest BCUT2D eigenvalue weighted by Gasteiger charge is 1.97. The molecule has 1 aromatic heterocycles. The van der Waals surface area contributed by atoms with E-state index in [1.807, 2.05) is 0 Å². The minimum atomic E-state index is 0.434. The van der Waals surface area contributed by atoms with Crippen LogP contribution in [0.5, 0.6) is 0 Å². The van der Waals surface area contributed by atoms with Crippen LogP contribution in [0, 0.1) is 0 Å². The van der Waals surface area contributed by atoms with Crippen molar-refractivity contribution in [2.24, 2.45) is 5.73 Å². The quantitative estimate of drug-likeness (QED) is 0.722. The summed E-state index contributed by atoms with van der Waals surface area (Å²) in [4.78, 5) is 0. The Labute approximate surface area is 77.8 Å². The lowest BCUT2D eigenvalue weighted by Gasteiger charge is -2.09. The molecule has 0 radical (unpaired) electrons. The third kappa shape index (κ3) is 3.34. The first-order valence-corrected chi connectivity index (χ1v) is 5.21. The molecule has 1 heterocycles. The highest BCUT2D eigenvalue weighted by atomic mass is 32.1. The van der Waals surface area contributed by atoms with Crippen molar-refractivity contribution in [3.05, 3.63) is 22.4 Å². The van der Waals surface area contributed by atoms with Crippen molar-refractivity contribution in [2.75, 3.05) is 13.1 Å². The third-order valence-corrected chi connectivity index (χ3v) is 2.57. The fraction of sp³-hybridized carbons (Fsp3) is 0.556. The molecule has 0 aliphatic heterocycles. The Hall–Kier alpha value is -0.380. The van der Waals surface area contributed by atoms with Gasteiger partial charge in [-0.25, -0.2) is 0 Å². The SMILES string of the molecule is C[C@H](CN)NCCc1ccsc1. The van der Waals surface area contributed by atoms with Gasteiger partial charge in [-0.3, -0.25) is 0 Å². The molecule has 68 valence electrons. The molecule has 0 saturated carbocycles. The number of nitrogens with two attached hydrogens (primary N) is 1. The van der Waals surface area contributed by atoms with E-state index in [-0.39, 0.29) is 0 Å². The maximum atomic E-state index is 5.47. The summed E-state index contributed by atoms with van der Waals surface area (Å²) < 4.78 is 0. The molecule has 0 amide bonds. The zero-order chi connectivity index (χ0) is 8.81. The van der Waals surface area contributed by atoms with Crippen molar-refractivity contribution in [3.8, 4) is 0 Å². The van der Waals surface area contributed by atoms with Crippen LogP contribution in [0.3, 0.4) is 0 Å². The molecule has 1 atom stereocenters. The van der Waals surface area contributed by atoms with Gasteiger partial charge in [-0.05, 0) is 42.3 Å². The van der Waals surface area contributed by atoms with Crippen LogP contribution in [0.2, 0.25) is 0 Å². The van der Waals surface area contributed by atoms with Gasteiger partial charge in [-0.15, -0.1) is 0 Å². The van der Waals surface area contributed by atoms with Crippen molar-refractivity contribution in [3.63, 3.8) is 0 Å². The molecule has 0 aliphatic rings. The van der Waals surface area contributed by atoms with E-state index in [0.29, 0.717) is 12.6 Å². The number of rotatable bonds is 5. The molecule has 2 nitrogen and oxygen atoms in total. The summed E-state index contributed by atoms with van der Waals surface area (Å²) >= 11 is 1.75. The van der Waals surface area contributed by atoms with Crippen LogP contribution < -0.4 is 11.1 Å². The lowest BCUT2D eigenvalue weighted by molar-refractivity contribution is 0.559. The molecule has 0 aromatic carbocycles. The second-order valence-electron chi connectivity index (χ2n) is 2.97. The van der Waals surface area contributed by atoms with Crippen molar-refractivity contribution in [2.45, 2.75) is 19.4 Å². The van der Waals surface area contributed by atoms with Crippen molar-refractivity contribution in [1.29, 1.82) is 0 Å². The fourth-order valence-electron chi connectivity index (χ4n) is 0.981. The summed E-state index contributed by atoms with van der Waals surface area (Å²) in [5, 5.41) is 7.65. The average molecular weight is 184 g/mol. The Balaban J connectivity index is 2.11. The summed E-state index contributed by atoms with van der Waals surface area (Å²) in [5.74, 6) is 0. The predicted molar refractivity (Wildman–Crippen MR) is 54.5 cm³/mol. The van der Waals surface area contributed by atoms with E-state index in [1.54, 1.807) is 11.3 Å². The van der Waals surface area contributed by atoms with E-state index in [2.05, 4.69) is 29.1 Å². The number of hydrogen-bond acceptors (Lipinski definition) is 3. The lowest BCUT2D eigenvalue weighted by Crippen LogP contribution is -2.34. The Morgan fingerprint density at radius 3 is 3.08 bits per heavy atom. The van der Waals surface area contributed by atoms with Crippen LogP contribution in [0.4, 0.5) is 0 Å². The largest absolute Gasteiger partial charge is 0.329 e. The van der Waals surface area contributed by atoms with Crippen LogP contribution in [-0.4, -0.2) is 19.1 Å². The molecule has 12 heavy (non-hydrogen) atoms. The zero-order valence-corrected chi connectivity index (χ0v) is 8.23. The van der Waals surface area contributed by atoms with Crippen LogP contribution in [-0.2, 0) is 6.42 Å². The second-order valence-corrected chi connectivity index (χ2v) is 3.75. The second kappa shape index (κ2) is 5.30. The number of thiophene rings is 1. The molecule has 3 N–H and O–H groups in total. The van der Waals surface area contributed by atoms with Crippen molar-refractivity contribution >= 4 is 11.3 Å². The molecule has 1 rings (SSSR count). The molecule has 0 bridgehead atoms. The van der Waals surface area contributed by atoms with E-state index in [9.17, 15) is 0 Å². The van der Waals surface area contributed by atoms with Crippen LogP contribution >= 0.6 is 11.3 Å². The Bertz CT molecular complexity index is 196. The monoisotopic (exact) mass is 184 g/mol. The fourth-order valence-corrected chi connectivity index (χ4v) is 1.68.